The van der Waals surface area contributed by atoms with Crippen molar-refractivity contribution >= 4 is 19.8 Å². The molecule has 8 nitrogen and oxygen atoms in total. The topological polar surface area (TPSA) is 119 Å². The fourth-order valence-electron chi connectivity index (χ4n) is 5.34. The van der Waals surface area contributed by atoms with Crippen molar-refractivity contribution < 1.29 is 37.9 Å². The second kappa shape index (κ2) is 36.8. The Morgan fingerprint density at radius 2 is 0.980 bits per heavy atom. The molecule has 0 saturated heterocycles. The van der Waals surface area contributed by atoms with Crippen LogP contribution in [-0.4, -0.2) is 41.0 Å². The van der Waals surface area contributed by atoms with Gasteiger partial charge in [-0.1, -0.05) is 152 Å². The number of carbonyl (C=O) groups excluding carboxylic acids is 2. The van der Waals surface area contributed by atoms with Gasteiger partial charge in [0.25, 0.3) is 0 Å². The van der Waals surface area contributed by atoms with E-state index in [1.807, 2.05) is 0 Å². The molecule has 0 aliphatic heterocycles. The number of unbranched alkanes of at least 4 members (excludes halogenated alkanes) is 19. The average Bonchev–Trinajstić information content (AvgIpc) is 3.08. The Morgan fingerprint density at radius 1 is 0.540 bits per heavy atom. The van der Waals surface area contributed by atoms with Gasteiger partial charge in [-0.25, -0.2) is 4.57 Å². The largest absolute Gasteiger partial charge is 0.469 e. The van der Waals surface area contributed by atoms with E-state index in [1.54, 1.807) is 0 Å². The van der Waals surface area contributed by atoms with Crippen LogP contribution < -0.4 is 0 Å². The number of phosphoric acid groups is 1. The highest BCUT2D eigenvalue weighted by Gasteiger charge is 2.22. The minimum Gasteiger partial charge on any atom is -0.462 e. The molecule has 0 fully saturated rings. The predicted octanol–water partition coefficient (Wildman–Crippen LogP) is 12.0. The van der Waals surface area contributed by atoms with E-state index in [0.29, 0.717) is 12.8 Å². The highest BCUT2D eigenvalue weighted by molar-refractivity contribution is 7.46. The van der Waals surface area contributed by atoms with Crippen molar-refractivity contribution in [3.63, 3.8) is 0 Å². The van der Waals surface area contributed by atoms with E-state index in [0.717, 1.165) is 57.8 Å². The monoisotopic (exact) mass is 725 g/mol. The standard InChI is InChI=1S/C41H73O8P/c1-3-5-7-9-11-13-15-17-19-20-22-23-25-27-29-31-33-35-40(42)47-37-39(38-48-50(44,45)46)49-41(43)36-34-32-30-28-26-24-21-18-16-14-12-10-8-6-4-2/h14,16,18,21-23,27,29,39H,3-13,15,17,19-20,24-26,28,30-38H2,1-2H3,(H2,44,45,46)/b16-14+,21-18+,23-22+,29-27+/t39-/m1/s1. The van der Waals surface area contributed by atoms with Crippen molar-refractivity contribution in [1.82, 2.24) is 0 Å². The number of hydrogen-bond donors (Lipinski definition) is 2. The van der Waals surface area contributed by atoms with E-state index in [2.05, 4.69) is 67.0 Å². The van der Waals surface area contributed by atoms with Crippen LogP contribution >= 0.6 is 7.82 Å². The molecule has 2 N–H and O–H groups in total. The van der Waals surface area contributed by atoms with Crippen molar-refractivity contribution in [3.05, 3.63) is 48.6 Å². The first-order chi connectivity index (χ1) is 24.3. The summed E-state index contributed by atoms with van der Waals surface area (Å²) in [5, 5.41) is 0. The quantitative estimate of drug-likeness (QED) is 0.0215. The van der Waals surface area contributed by atoms with Crippen molar-refractivity contribution in [2.75, 3.05) is 13.2 Å². The molecule has 0 heterocycles. The molecule has 50 heavy (non-hydrogen) atoms. The maximum absolute atomic E-state index is 12.4. The fraction of sp³-hybridized carbons (Fsp3) is 0.756. The van der Waals surface area contributed by atoms with Gasteiger partial charge in [-0.05, 0) is 64.2 Å². The van der Waals surface area contributed by atoms with Crippen molar-refractivity contribution in [3.8, 4) is 0 Å². The molecule has 0 aliphatic rings. The molecule has 9 heteroatoms. The molecular formula is C41H73O8P. The normalized spacial score (nSPS) is 13.0. The third-order valence-corrected chi connectivity index (χ3v) is 8.83. The molecule has 1 atom stereocenters. The number of hydrogen-bond acceptors (Lipinski definition) is 6. The van der Waals surface area contributed by atoms with E-state index >= 15 is 0 Å². The Labute approximate surface area is 305 Å². The van der Waals surface area contributed by atoms with E-state index < -0.39 is 32.5 Å². The van der Waals surface area contributed by atoms with Crippen molar-refractivity contribution in [1.29, 1.82) is 0 Å². The lowest BCUT2D eigenvalue weighted by Gasteiger charge is -2.18. The maximum Gasteiger partial charge on any atom is 0.469 e. The molecule has 0 spiro atoms. The van der Waals surface area contributed by atoms with Gasteiger partial charge in [0.1, 0.15) is 6.61 Å². The third-order valence-electron chi connectivity index (χ3n) is 8.35. The number of phosphoric ester groups is 1. The Kier molecular flexibility index (Phi) is 35.3. The zero-order chi connectivity index (χ0) is 36.8. The van der Waals surface area contributed by atoms with Gasteiger partial charge < -0.3 is 19.3 Å². The van der Waals surface area contributed by atoms with Gasteiger partial charge in [-0.15, -0.1) is 0 Å². The van der Waals surface area contributed by atoms with E-state index in [1.165, 1.54) is 83.5 Å². The second-order valence-corrected chi connectivity index (χ2v) is 14.5. The lowest BCUT2D eigenvalue weighted by atomic mass is 10.1. The van der Waals surface area contributed by atoms with Gasteiger partial charge in [0.15, 0.2) is 6.10 Å². The molecular weight excluding hydrogens is 651 g/mol. The summed E-state index contributed by atoms with van der Waals surface area (Å²) in [5.74, 6) is -0.957. The average molecular weight is 725 g/mol. The van der Waals surface area contributed by atoms with Crippen LogP contribution in [-0.2, 0) is 28.2 Å². The second-order valence-electron chi connectivity index (χ2n) is 13.3. The van der Waals surface area contributed by atoms with Crippen LogP contribution in [0.1, 0.15) is 181 Å². The lowest BCUT2D eigenvalue weighted by Crippen LogP contribution is -2.29. The van der Waals surface area contributed by atoms with Crippen molar-refractivity contribution in [2.45, 2.75) is 187 Å². The Bertz CT molecular complexity index is 952. The zero-order valence-corrected chi connectivity index (χ0v) is 32.7. The molecule has 0 amide bonds. The molecule has 0 saturated carbocycles. The van der Waals surface area contributed by atoms with E-state index in [-0.39, 0.29) is 19.4 Å². The summed E-state index contributed by atoms with van der Waals surface area (Å²) in [4.78, 5) is 42.7. The number of carbonyl (C=O) groups is 2. The molecule has 0 aromatic heterocycles. The minimum absolute atomic E-state index is 0.185. The summed E-state index contributed by atoms with van der Waals surface area (Å²) < 4.78 is 26.3. The first kappa shape index (κ1) is 48.0. The number of allylic oxidation sites excluding steroid dienone is 8. The molecule has 0 aliphatic carbocycles. The Morgan fingerprint density at radius 3 is 1.52 bits per heavy atom. The lowest BCUT2D eigenvalue weighted by molar-refractivity contribution is -0.161. The summed E-state index contributed by atoms with van der Waals surface area (Å²) in [6.07, 6.45) is 44.1. The molecule has 0 radical (unpaired) electrons. The van der Waals surface area contributed by atoms with Gasteiger partial charge in [0.05, 0.1) is 6.61 Å². The molecule has 0 bridgehead atoms. The third kappa shape index (κ3) is 38.8. The Balaban J connectivity index is 4.04. The van der Waals surface area contributed by atoms with Crippen LogP contribution in [0.4, 0.5) is 0 Å². The highest BCUT2D eigenvalue weighted by Crippen LogP contribution is 2.36. The van der Waals surface area contributed by atoms with Gasteiger partial charge in [-0.3, -0.25) is 14.1 Å². The summed E-state index contributed by atoms with van der Waals surface area (Å²) in [5.41, 5.74) is 0. The van der Waals surface area contributed by atoms with Gasteiger partial charge >= 0.3 is 19.8 Å². The van der Waals surface area contributed by atoms with Crippen molar-refractivity contribution in [2.24, 2.45) is 0 Å². The zero-order valence-electron chi connectivity index (χ0n) is 31.8. The first-order valence-corrected chi connectivity index (χ1v) is 21.5. The van der Waals surface area contributed by atoms with Crippen LogP contribution in [0, 0.1) is 0 Å². The summed E-state index contributed by atoms with van der Waals surface area (Å²) >= 11 is 0. The van der Waals surface area contributed by atoms with Crippen LogP contribution in [0.2, 0.25) is 0 Å². The first-order valence-electron chi connectivity index (χ1n) is 19.9. The summed E-state index contributed by atoms with van der Waals surface area (Å²) in [7, 11) is -4.76. The predicted molar refractivity (Wildman–Crippen MR) is 207 cm³/mol. The minimum atomic E-state index is -4.76. The number of ether oxygens (including phenoxy) is 2. The maximum atomic E-state index is 12.4. The van der Waals surface area contributed by atoms with Crippen LogP contribution in [0.25, 0.3) is 0 Å². The van der Waals surface area contributed by atoms with Crippen LogP contribution in [0.3, 0.4) is 0 Å². The van der Waals surface area contributed by atoms with E-state index in [4.69, 9.17) is 19.3 Å². The molecule has 0 aromatic rings. The molecule has 0 rings (SSSR count). The molecule has 290 valence electrons. The van der Waals surface area contributed by atoms with Crippen LogP contribution in [0.15, 0.2) is 48.6 Å². The van der Waals surface area contributed by atoms with Gasteiger partial charge in [-0.2, -0.15) is 0 Å². The van der Waals surface area contributed by atoms with Gasteiger partial charge in [0, 0.05) is 12.8 Å². The number of rotatable bonds is 36. The Hall–Kier alpha value is -1.99. The molecule has 0 aromatic carbocycles. The smallest absolute Gasteiger partial charge is 0.462 e. The van der Waals surface area contributed by atoms with Crippen LogP contribution in [0.5, 0.6) is 0 Å². The SMILES string of the molecule is CCCCCC/C=C/C=C/CCCCCCCC(=O)O[C@H](COC(=O)CCC/C=C/C/C=C/CCCCCCCCCCC)COP(=O)(O)O. The molecule has 0 unspecified atom stereocenters. The van der Waals surface area contributed by atoms with Gasteiger partial charge in [0.2, 0.25) is 0 Å². The summed E-state index contributed by atoms with van der Waals surface area (Å²) in [6.45, 7) is 3.61. The highest BCUT2D eigenvalue weighted by atomic mass is 31.2. The van der Waals surface area contributed by atoms with E-state index in [9.17, 15) is 14.2 Å². The summed E-state index contributed by atoms with van der Waals surface area (Å²) in [6, 6.07) is 0. The fourth-order valence-corrected chi connectivity index (χ4v) is 5.70. The number of esters is 2.